The molecule has 2 aromatic carbocycles. The van der Waals surface area contributed by atoms with E-state index < -0.39 is 0 Å². The van der Waals surface area contributed by atoms with Crippen molar-refractivity contribution in [1.29, 1.82) is 0 Å². The molecule has 0 heterocycles. The Morgan fingerprint density at radius 1 is 0.938 bits per heavy atom. The Bertz CT molecular complexity index is 642. The third kappa shape index (κ3) is 1.59. The van der Waals surface area contributed by atoms with Crippen LogP contribution in [0.25, 0.3) is 5.73 Å². The van der Waals surface area contributed by atoms with Crippen LogP contribution in [0.4, 0.5) is 0 Å². The SMILES string of the molecule is COB(c1ccccc1)c1ccc2c(c1)=C=2. The minimum Gasteiger partial charge on any atom is -0.430 e. The van der Waals surface area contributed by atoms with Gasteiger partial charge >= 0.3 is 6.92 Å². The average molecular weight is 206 g/mol. The summed E-state index contributed by atoms with van der Waals surface area (Å²) < 4.78 is 5.57. The van der Waals surface area contributed by atoms with Gasteiger partial charge < -0.3 is 4.65 Å². The molecule has 0 amide bonds. The maximum absolute atomic E-state index is 5.57. The lowest BCUT2D eigenvalue weighted by Gasteiger charge is -2.11. The number of benzene rings is 2. The molecule has 3 rings (SSSR count). The van der Waals surface area contributed by atoms with Crippen LogP contribution in [0, 0.1) is 0 Å². The molecule has 0 N–H and O–H groups in total. The van der Waals surface area contributed by atoms with E-state index in [4.69, 9.17) is 4.65 Å². The van der Waals surface area contributed by atoms with Crippen LogP contribution in [0.2, 0.25) is 0 Å². The number of hydrogen-bond donors (Lipinski definition) is 0. The van der Waals surface area contributed by atoms with Crippen molar-refractivity contribution in [3.63, 3.8) is 0 Å². The second-order valence-corrected chi connectivity index (χ2v) is 3.96. The Balaban J connectivity index is 2.01. The summed E-state index contributed by atoms with van der Waals surface area (Å²) in [7, 11) is 1.75. The lowest BCUT2D eigenvalue weighted by Crippen LogP contribution is -2.45. The molecule has 16 heavy (non-hydrogen) atoms. The Kier molecular flexibility index (Phi) is 2.18. The van der Waals surface area contributed by atoms with E-state index in [0.29, 0.717) is 0 Å². The second kappa shape index (κ2) is 3.68. The van der Waals surface area contributed by atoms with Crippen molar-refractivity contribution in [3.8, 4) is 0 Å². The first-order chi connectivity index (χ1) is 7.88. The van der Waals surface area contributed by atoms with E-state index >= 15 is 0 Å². The van der Waals surface area contributed by atoms with Gasteiger partial charge in [0.05, 0.1) is 0 Å². The lowest BCUT2D eigenvalue weighted by atomic mass is 9.55. The van der Waals surface area contributed by atoms with Gasteiger partial charge in [-0.3, -0.25) is 0 Å². The average Bonchev–Trinajstić information content (AvgIpc) is 3.10. The van der Waals surface area contributed by atoms with Gasteiger partial charge in [-0.05, 0) is 23.1 Å². The molecule has 1 aliphatic rings. The highest BCUT2D eigenvalue weighted by Gasteiger charge is 2.19. The molecule has 0 bridgehead atoms. The molecule has 2 heteroatoms. The quantitative estimate of drug-likeness (QED) is 0.525. The first kappa shape index (κ1) is 9.47. The van der Waals surface area contributed by atoms with Crippen LogP contribution in [0.1, 0.15) is 0 Å². The molecule has 0 unspecified atom stereocenters. The van der Waals surface area contributed by atoms with E-state index in [1.807, 2.05) is 18.2 Å². The highest BCUT2D eigenvalue weighted by molar-refractivity contribution is 6.79. The van der Waals surface area contributed by atoms with Crippen LogP contribution >= 0.6 is 0 Å². The van der Waals surface area contributed by atoms with Crippen molar-refractivity contribution in [2.45, 2.75) is 0 Å². The molecule has 0 saturated heterocycles. The highest BCUT2D eigenvalue weighted by atomic mass is 16.4. The van der Waals surface area contributed by atoms with E-state index in [1.165, 1.54) is 21.4 Å². The van der Waals surface area contributed by atoms with Crippen LogP contribution in [0.15, 0.2) is 48.5 Å². The monoisotopic (exact) mass is 206 g/mol. The van der Waals surface area contributed by atoms with Gasteiger partial charge in [-0.1, -0.05) is 36.4 Å². The van der Waals surface area contributed by atoms with Crippen LogP contribution in [-0.4, -0.2) is 14.0 Å². The van der Waals surface area contributed by atoms with Crippen LogP contribution in [0.3, 0.4) is 0 Å². The minimum absolute atomic E-state index is 0.0221. The Morgan fingerprint density at radius 3 is 2.44 bits per heavy atom. The molecule has 0 saturated carbocycles. The lowest BCUT2D eigenvalue weighted by molar-refractivity contribution is 0.439. The van der Waals surface area contributed by atoms with Gasteiger partial charge in [0.2, 0.25) is 0 Å². The van der Waals surface area contributed by atoms with Crippen molar-refractivity contribution in [3.05, 3.63) is 59.0 Å². The predicted octanol–water partition coefficient (Wildman–Crippen LogP) is -0.497. The molecule has 0 spiro atoms. The Labute approximate surface area is 94.8 Å². The Hall–Kier alpha value is -1.76. The molecule has 2 aromatic rings. The largest absolute Gasteiger partial charge is 0.430 e. The van der Waals surface area contributed by atoms with Crippen molar-refractivity contribution >= 4 is 23.6 Å². The molecular weight excluding hydrogens is 195 g/mol. The molecule has 0 aromatic heterocycles. The van der Waals surface area contributed by atoms with Crippen LogP contribution in [-0.2, 0) is 4.65 Å². The zero-order chi connectivity index (χ0) is 11.0. The van der Waals surface area contributed by atoms with Gasteiger partial charge in [0.15, 0.2) is 0 Å². The van der Waals surface area contributed by atoms with Crippen LogP contribution < -0.4 is 21.4 Å². The van der Waals surface area contributed by atoms with E-state index in [-0.39, 0.29) is 6.92 Å². The fourth-order valence-electron chi connectivity index (χ4n) is 2.01. The molecule has 1 aliphatic carbocycles. The fraction of sp³-hybridized carbons (Fsp3) is 0.0714. The molecule has 76 valence electrons. The maximum atomic E-state index is 5.57. The van der Waals surface area contributed by atoms with Crippen molar-refractivity contribution in [1.82, 2.24) is 0 Å². The first-order valence-corrected chi connectivity index (χ1v) is 5.37. The van der Waals surface area contributed by atoms with E-state index in [1.54, 1.807) is 7.11 Å². The highest BCUT2D eigenvalue weighted by Crippen LogP contribution is 1.91. The summed E-state index contributed by atoms with van der Waals surface area (Å²) in [5.41, 5.74) is 5.58. The summed E-state index contributed by atoms with van der Waals surface area (Å²) >= 11 is 0. The summed E-state index contributed by atoms with van der Waals surface area (Å²) in [6.45, 7) is 0.0221. The predicted molar refractivity (Wildman–Crippen MR) is 66.7 cm³/mol. The summed E-state index contributed by atoms with van der Waals surface area (Å²) in [5.74, 6) is 0. The topological polar surface area (TPSA) is 9.23 Å². The first-order valence-electron chi connectivity index (χ1n) is 5.37. The van der Waals surface area contributed by atoms with Crippen LogP contribution in [0.5, 0.6) is 0 Å². The molecule has 1 nitrogen and oxygen atoms in total. The van der Waals surface area contributed by atoms with E-state index in [2.05, 4.69) is 36.1 Å². The standard InChI is InChI=1S/C14H11BO/c1-16-15(13-5-3-2-4-6-13)14-8-7-11-9-12(11)10-14/h2-8,10H,1H3. The van der Waals surface area contributed by atoms with Gasteiger partial charge in [-0.2, -0.15) is 0 Å². The summed E-state index contributed by atoms with van der Waals surface area (Å²) in [6.07, 6.45) is 0. The molecule has 0 fully saturated rings. The van der Waals surface area contributed by atoms with Gasteiger partial charge in [0.1, 0.15) is 0 Å². The fourth-order valence-corrected chi connectivity index (χ4v) is 2.01. The van der Waals surface area contributed by atoms with Gasteiger partial charge in [0, 0.05) is 17.5 Å². The van der Waals surface area contributed by atoms with Crippen molar-refractivity contribution < 1.29 is 4.65 Å². The van der Waals surface area contributed by atoms with Gasteiger partial charge in [-0.25, -0.2) is 0 Å². The van der Waals surface area contributed by atoms with Crippen molar-refractivity contribution in [2.24, 2.45) is 0 Å². The second-order valence-electron chi connectivity index (χ2n) is 3.96. The third-order valence-electron chi connectivity index (χ3n) is 2.89. The summed E-state index contributed by atoms with van der Waals surface area (Å²) in [5, 5.41) is 2.45. The third-order valence-corrected chi connectivity index (χ3v) is 2.89. The van der Waals surface area contributed by atoms with Gasteiger partial charge in [-0.15, -0.1) is 5.73 Å². The Morgan fingerprint density at radius 2 is 1.75 bits per heavy atom. The zero-order valence-electron chi connectivity index (χ0n) is 9.10. The van der Waals surface area contributed by atoms with E-state index in [0.717, 1.165) is 0 Å². The number of hydrogen-bond acceptors (Lipinski definition) is 1. The summed E-state index contributed by atoms with van der Waals surface area (Å²) in [4.78, 5) is 0. The minimum atomic E-state index is 0.0221. The number of fused-ring (bicyclic) bond motifs is 1. The normalized spacial score (nSPS) is 11.1. The number of rotatable bonds is 3. The smallest absolute Gasteiger partial charge is 0.361 e. The van der Waals surface area contributed by atoms with E-state index in [9.17, 15) is 0 Å². The molecule has 0 atom stereocenters. The molecule has 0 radical (unpaired) electrons. The van der Waals surface area contributed by atoms with Gasteiger partial charge in [0.25, 0.3) is 0 Å². The molecular formula is C14H11BO. The zero-order valence-corrected chi connectivity index (χ0v) is 9.10. The maximum Gasteiger partial charge on any atom is 0.361 e. The summed E-state index contributed by atoms with van der Waals surface area (Å²) in [6, 6.07) is 16.6. The van der Waals surface area contributed by atoms with Crippen molar-refractivity contribution in [2.75, 3.05) is 7.11 Å². The molecule has 0 aliphatic heterocycles.